The number of hydrogen-bond acceptors (Lipinski definition) is 6. The molecule has 0 spiro atoms. The highest BCUT2D eigenvalue weighted by molar-refractivity contribution is 7.99. The van der Waals surface area contributed by atoms with Gasteiger partial charge in [0, 0.05) is 19.0 Å². The molecule has 2 atom stereocenters. The van der Waals surface area contributed by atoms with Gasteiger partial charge in [0.15, 0.2) is 6.10 Å². The van der Waals surface area contributed by atoms with E-state index < -0.39 is 6.10 Å². The first-order valence-electron chi connectivity index (χ1n) is 8.34. The van der Waals surface area contributed by atoms with Gasteiger partial charge in [0.1, 0.15) is 0 Å². The molecule has 136 valence electrons. The highest BCUT2D eigenvalue weighted by Crippen LogP contribution is 2.10. The predicted octanol–water partition coefficient (Wildman–Crippen LogP) is 1.71. The van der Waals surface area contributed by atoms with Gasteiger partial charge in [0.05, 0.1) is 12.7 Å². The van der Waals surface area contributed by atoms with Gasteiger partial charge in [-0.15, -0.1) is 0 Å². The van der Waals surface area contributed by atoms with Crippen molar-refractivity contribution in [1.29, 1.82) is 0 Å². The third kappa shape index (κ3) is 11.4. The van der Waals surface area contributed by atoms with Gasteiger partial charge in [-0.25, -0.2) is 0 Å². The lowest BCUT2D eigenvalue weighted by Gasteiger charge is -2.25. The smallest absolute Gasteiger partial charge is 0.305 e. The van der Waals surface area contributed by atoms with Gasteiger partial charge >= 0.3 is 5.97 Å². The van der Waals surface area contributed by atoms with Crippen molar-refractivity contribution >= 4 is 23.6 Å². The molecule has 7 heteroatoms. The maximum atomic E-state index is 12.3. The molecule has 0 saturated carbocycles. The molecular formula is C16H32N2O4S. The van der Waals surface area contributed by atoms with E-state index in [2.05, 4.69) is 12.2 Å². The van der Waals surface area contributed by atoms with Crippen LogP contribution in [0.5, 0.6) is 0 Å². The lowest BCUT2D eigenvalue weighted by molar-refractivity contribution is -0.143. The van der Waals surface area contributed by atoms with Crippen molar-refractivity contribution in [2.24, 2.45) is 5.73 Å². The summed E-state index contributed by atoms with van der Waals surface area (Å²) in [7, 11) is 0. The zero-order valence-electron chi connectivity index (χ0n) is 14.8. The van der Waals surface area contributed by atoms with Crippen LogP contribution in [0, 0.1) is 0 Å². The van der Waals surface area contributed by atoms with Crippen LogP contribution in [-0.2, 0) is 19.1 Å². The molecular weight excluding hydrogens is 316 g/mol. The molecule has 23 heavy (non-hydrogen) atoms. The van der Waals surface area contributed by atoms with E-state index in [0.717, 1.165) is 17.9 Å². The van der Waals surface area contributed by atoms with Gasteiger partial charge in [-0.2, -0.15) is 11.8 Å². The van der Waals surface area contributed by atoms with Crippen molar-refractivity contribution < 1.29 is 19.1 Å². The Balaban J connectivity index is 4.26. The maximum Gasteiger partial charge on any atom is 0.305 e. The number of carbonyl (C=O) groups is 2. The zero-order valence-corrected chi connectivity index (χ0v) is 15.6. The summed E-state index contributed by atoms with van der Waals surface area (Å²) in [5.74, 6) is 1.48. The molecule has 0 aliphatic carbocycles. The molecule has 0 aliphatic heterocycles. The fourth-order valence-electron chi connectivity index (χ4n) is 1.94. The van der Waals surface area contributed by atoms with Crippen LogP contribution in [0.3, 0.4) is 0 Å². The van der Waals surface area contributed by atoms with Gasteiger partial charge in [0.25, 0.3) is 5.91 Å². The molecule has 0 radical (unpaired) electrons. The average Bonchev–Trinajstić information content (AvgIpc) is 2.49. The fraction of sp³-hybridized carbons (Fsp3) is 0.875. The molecule has 0 aliphatic rings. The molecule has 0 aromatic heterocycles. The molecule has 0 bridgehead atoms. The van der Waals surface area contributed by atoms with Crippen molar-refractivity contribution in [3.63, 3.8) is 0 Å². The van der Waals surface area contributed by atoms with Crippen molar-refractivity contribution in [3.05, 3.63) is 0 Å². The van der Waals surface area contributed by atoms with E-state index in [0.29, 0.717) is 26.0 Å². The highest BCUT2D eigenvalue weighted by Gasteiger charge is 2.27. The number of amides is 1. The number of rotatable bonds is 13. The summed E-state index contributed by atoms with van der Waals surface area (Å²) in [6.45, 7) is 8.41. The second kappa shape index (κ2) is 13.6. The number of nitrogens with two attached hydrogens (primary N) is 1. The first-order valence-corrected chi connectivity index (χ1v) is 9.49. The first kappa shape index (κ1) is 22.2. The number of carbonyl (C=O) groups excluding carboxylic acids is 2. The van der Waals surface area contributed by atoms with E-state index in [1.165, 1.54) is 0 Å². The van der Waals surface area contributed by atoms with Gasteiger partial charge < -0.3 is 20.5 Å². The molecule has 6 nitrogen and oxygen atoms in total. The molecule has 0 heterocycles. The van der Waals surface area contributed by atoms with Gasteiger partial charge in [-0.05, 0) is 45.1 Å². The third-order valence-electron chi connectivity index (χ3n) is 3.03. The number of hydrogen-bond donors (Lipinski definition) is 2. The molecule has 3 N–H and O–H groups in total. The van der Waals surface area contributed by atoms with Crippen LogP contribution >= 0.6 is 11.8 Å². The summed E-state index contributed by atoms with van der Waals surface area (Å²) in [5, 5.41) is 2.80. The van der Waals surface area contributed by atoms with E-state index in [4.69, 9.17) is 15.2 Å². The molecule has 0 saturated heterocycles. The van der Waals surface area contributed by atoms with Gasteiger partial charge in [-0.1, -0.05) is 6.92 Å². The Hall–Kier alpha value is -0.790. The van der Waals surface area contributed by atoms with E-state index in [1.54, 1.807) is 18.7 Å². The zero-order chi connectivity index (χ0) is 17.7. The minimum Gasteiger partial charge on any atom is -0.466 e. The van der Waals surface area contributed by atoms with Crippen molar-refractivity contribution in [2.45, 2.75) is 65.2 Å². The van der Waals surface area contributed by atoms with Crippen LogP contribution in [0.1, 0.15) is 47.0 Å². The summed E-state index contributed by atoms with van der Waals surface area (Å²) in [5.41, 5.74) is 6.13. The monoisotopic (exact) mass is 348 g/mol. The minimum absolute atomic E-state index is 0.0739. The lowest BCUT2D eigenvalue weighted by Crippen LogP contribution is -2.49. The Morgan fingerprint density at radius 1 is 1.26 bits per heavy atom. The summed E-state index contributed by atoms with van der Waals surface area (Å²) in [6.07, 6.45) is 0.833. The number of esters is 1. The van der Waals surface area contributed by atoms with Crippen LogP contribution in [-0.4, -0.2) is 54.8 Å². The Kier molecular flexibility index (Phi) is 13.2. The van der Waals surface area contributed by atoms with Gasteiger partial charge in [0.2, 0.25) is 0 Å². The Labute approximate surface area is 144 Å². The minimum atomic E-state index is -0.657. The molecule has 0 rings (SSSR count). The van der Waals surface area contributed by atoms with Crippen LogP contribution in [0.15, 0.2) is 0 Å². The van der Waals surface area contributed by atoms with Crippen LogP contribution < -0.4 is 11.1 Å². The Morgan fingerprint density at radius 2 is 1.96 bits per heavy atom. The second-order valence-electron chi connectivity index (χ2n) is 5.45. The molecule has 0 fully saturated rings. The van der Waals surface area contributed by atoms with E-state index >= 15 is 0 Å². The highest BCUT2D eigenvalue weighted by atomic mass is 32.2. The molecule has 1 unspecified atom stereocenters. The van der Waals surface area contributed by atoms with Gasteiger partial charge in [-0.3, -0.25) is 9.59 Å². The average molecular weight is 349 g/mol. The van der Waals surface area contributed by atoms with Crippen LogP contribution in [0.2, 0.25) is 0 Å². The second-order valence-corrected chi connectivity index (χ2v) is 6.85. The van der Waals surface area contributed by atoms with Crippen molar-refractivity contribution in [1.82, 2.24) is 5.32 Å². The Bertz CT molecular complexity index is 340. The summed E-state index contributed by atoms with van der Waals surface area (Å²) in [6, 6.07) is -0.332. The Morgan fingerprint density at radius 3 is 2.52 bits per heavy atom. The number of thioether (sulfide) groups is 1. The summed E-state index contributed by atoms with van der Waals surface area (Å²) >= 11 is 1.80. The molecule has 0 aromatic carbocycles. The first-order chi connectivity index (χ1) is 10.9. The van der Waals surface area contributed by atoms with E-state index in [1.807, 2.05) is 13.8 Å². The quantitative estimate of drug-likeness (QED) is 0.389. The predicted molar refractivity (Wildman–Crippen MR) is 94.5 cm³/mol. The maximum absolute atomic E-state index is 12.3. The van der Waals surface area contributed by atoms with E-state index in [-0.39, 0.29) is 24.0 Å². The molecule has 1 amide bonds. The fourth-order valence-corrected chi connectivity index (χ4v) is 2.67. The standard InChI is InChI=1S/C16H32N2O4S/c1-5-21-14(19)8-7-10-18-16(20)15(22-12(3)4)13(17)9-11-23-6-2/h12-13,15H,5-11,17H2,1-4H3,(H,18,20)/t13-,15?/m1/s1. The van der Waals surface area contributed by atoms with Crippen LogP contribution in [0.4, 0.5) is 0 Å². The van der Waals surface area contributed by atoms with Crippen molar-refractivity contribution in [2.75, 3.05) is 24.7 Å². The topological polar surface area (TPSA) is 90.6 Å². The lowest BCUT2D eigenvalue weighted by atomic mass is 10.1. The number of ether oxygens (including phenoxy) is 2. The van der Waals surface area contributed by atoms with E-state index in [9.17, 15) is 9.59 Å². The third-order valence-corrected chi connectivity index (χ3v) is 3.96. The number of nitrogens with one attached hydrogen (secondary N) is 1. The SMILES string of the molecule is CCOC(=O)CCCNC(=O)C(OC(C)C)[C@H](N)CCSCC. The van der Waals surface area contributed by atoms with Crippen molar-refractivity contribution in [3.8, 4) is 0 Å². The molecule has 0 aromatic rings. The summed E-state index contributed by atoms with van der Waals surface area (Å²) < 4.78 is 10.5. The normalized spacial score (nSPS) is 13.7. The largest absolute Gasteiger partial charge is 0.466 e. The summed E-state index contributed by atoms with van der Waals surface area (Å²) in [4.78, 5) is 23.5. The van der Waals surface area contributed by atoms with Crippen LogP contribution in [0.25, 0.3) is 0 Å².